The second-order valence-corrected chi connectivity index (χ2v) is 8.87. The Labute approximate surface area is 211 Å². The number of nitrogens with one attached hydrogen (secondary N) is 1. The minimum atomic E-state index is -0.886. The first-order chi connectivity index (χ1) is 17.5. The van der Waals surface area contributed by atoms with E-state index in [1.54, 1.807) is 0 Å². The van der Waals surface area contributed by atoms with E-state index in [2.05, 4.69) is 5.32 Å². The molecule has 1 N–H and O–H groups in total. The number of benzene rings is 3. The van der Waals surface area contributed by atoms with E-state index < -0.39 is 30.1 Å². The Hall–Kier alpha value is -4.13. The van der Waals surface area contributed by atoms with Crippen LogP contribution in [0.15, 0.2) is 78.9 Å². The molecule has 0 bridgehead atoms. The van der Waals surface area contributed by atoms with E-state index in [1.165, 1.54) is 12.0 Å². The van der Waals surface area contributed by atoms with Gasteiger partial charge in [-0.15, -0.1) is 0 Å². The van der Waals surface area contributed by atoms with E-state index in [0.29, 0.717) is 6.42 Å². The van der Waals surface area contributed by atoms with Crippen LogP contribution < -0.4 is 5.32 Å². The third-order valence-electron chi connectivity index (χ3n) is 6.48. The standard InChI is InChI=1S/C29H30N2O5/c1-20-10-6-7-13-22(20)16-25(28(33)35-2)30-27(32)26-17-23-14-8-9-15-24(23)18-31(26)29(34)36-19-21-11-4-3-5-12-21/h3-15,25-26H,16-19H2,1-2H3,(H,30,32)/t25-,26-/m0/s1. The Bertz CT molecular complexity index is 1230. The molecule has 1 aliphatic rings. The second kappa shape index (κ2) is 11.5. The number of hydrogen-bond acceptors (Lipinski definition) is 5. The van der Waals surface area contributed by atoms with Gasteiger partial charge in [-0.25, -0.2) is 9.59 Å². The quantitative estimate of drug-likeness (QED) is 0.511. The summed E-state index contributed by atoms with van der Waals surface area (Å²) in [5.74, 6) is -0.967. The van der Waals surface area contributed by atoms with Crippen LogP contribution in [0.2, 0.25) is 0 Å². The lowest BCUT2D eigenvalue weighted by molar-refractivity contribution is -0.145. The maximum Gasteiger partial charge on any atom is 0.411 e. The Morgan fingerprint density at radius 1 is 0.944 bits per heavy atom. The number of fused-ring (bicyclic) bond motifs is 1. The van der Waals surface area contributed by atoms with Crippen molar-refractivity contribution < 1.29 is 23.9 Å². The van der Waals surface area contributed by atoms with Crippen molar-refractivity contribution in [2.75, 3.05) is 7.11 Å². The molecule has 186 valence electrons. The number of aryl methyl sites for hydroxylation is 1. The van der Waals surface area contributed by atoms with Gasteiger partial charge in [0.25, 0.3) is 0 Å². The lowest BCUT2D eigenvalue weighted by Crippen LogP contribution is -2.56. The minimum absolute atomic E-state index is 0.101. The Morgan fingerprint density at radius 3 is 2.33 bits per heavy atom. The highest BCUT2D eigenvalue weighted by Gasteiger charge is 2.37. The summed E-state index contributed by atoms with van der Waals surface area (Å²) in [6, 6.07) is 23.1. The number of ether oxygens (including phenoxy) is 2. The number of nitrogens with zero attached hydrogens (tertiary/aromatic N) is 1. The summed E-state index contributed by atoms with van der Waals surface area (Å²) in [6.07, 6.45) is 0.0233. The van der Waals surface area contributed by atoms with Crippen molar-refractivity contribution >= 4 is 18.0 Å². The van der Waals surface area contributed by atoms with E-state index >= 15 is 0 Å². The third-order valence-corrected chi connectivity index (χ3v) is 6.48. The lowest BCUT2D eigenvalue weighted by atomic mass is 9.93. The van der Waals surface area contributed by atoms with Crippen molar-refractivity contribution in [2.24, 2.45) is 0 Å². The van der Waals surface area contributed by atoms with Gasteiger partial charge in [0, 0.05) is 12.8 Å². The number of carbonyl (C=O) groups is 3. The molecule has 0 spiro atoms. The zero-order valence-electron chi connectivity index (χ0n) is 20.5. The van der Waals surface area contributed by atoms with E-state index in [0.717, 1.165) is 27.8 Å². The van der Waals surface area contributed by atoms with Crippen LogP contribution in [0.4, 0.5) is 4.79 Å². The maximum atomic E-state index is 13.5. The molecule has 2 atom stereocenters. The SMILES string of the molecule is COC(=O)[C@H](Cc1ccccc1C)NC(=O)[C@@H]1Cc2ccccc2CN1C(=O)OCc1ccccc1. The Balaban J connectivity index is 1.54. The molecule has 0 radical (unpaired) electrons. The van der Waals surface area contributed by atoms with Crippen LogP contribution >= 0.6 is 0 Å². The molecule has 3 aromatic rings. The van der Waals surface area contributed by atoms with Gasteiger partial charge >= 0.3 is 12.1 Å². The van der Waals surface area contributed by atoms with Crippen molar-refractivity contribution in [3.05, 3.63) is 107 Å². The highest BCUT2D eigenvalue weighted by molar-refractivity contribution is 5.90. The highest BCUT2D eigenvalue weighted by Crippen LogP contribution is 2.25. The molecular weight excluding hydrogens is 456 g/mol. The molecular formula is C29H30N2O5. The number of esters is 1. The fourth-order valence-electron chi connectivity index (χ4n) is 4.41. The number of rotatable bonds is 7. The summed E-state index contributed by atoms with van der Waals surface area (Å²) in [6.45, 7) is 2.29. The first-order valence-electron chi connectivity index (χ1n) is 11.9. The molecule has 36 heavy (non-hydrogen) atoms. The van der Waals surface area contributed by atoms with Gasteiger partial charge in [0.05, 0.1) is 13.7 Å². The molecule has 0 saturated carbocycles. The fourth-order valence-corrected chi connectivity index (χ4v) is 4.41. The van der Waals surface area contributed by atoms with E-state index in [1.807, 2.05) is 85.8 Å². The van der Waals surface area contributed by atoms with E-state index in [-0.39, 0.29) is 19.6 Å². The molecule has 0 aliphatic carbocycles. The van der Waals surface area contributed by atoms with Gasteiger partial charge in [-0.05, 0) is 34.7 Å². The number of hydrogen-bond donors (Lipinski definition) is 1. The zero-order chi connectivity index (χ0) is 25.5. The molecule has 3 aromatic carbocycles. The number of methoxy groups -OCH3 is 1. The van der Waals surface area contributed by atoms with Crippen LogP contribution in [0.1, 0.15) is 27.8 Å². The summed E-state index contributed by atoms with van der Waals surface area (Å²) in [5, 5.41) is 2.84. The Morgan fingerprint density at radius 2 is 1.61 bits per heavy atom. The molecule has 1 aliphatic heterocycles. The van der Waals surface area contributed by atoms with Gasteiger partial charge < -0.3 is 14.8 Å². The lowest BCUT2D eigenvalue weighted by Gasteiger charge is -2.35. The van der Waals surface area contributed by atoms with Crippen molar-refractivity contribution in [3.63, 3.8) is 0 Å². The van der Waals surface area contributed by atoms with Crippen LogP contribution in [0.25, 0.3) is 0 Å². The van der Waals surface area contributed by atoms with Crippen LogP contribution in [-0.4, -0.2) is 42.1 Å². The number of amides is 2. The summed E-state index contributed by atoms with van der Waals surface area (Å²) in [5.41, 5.74) is 4.74. The molecule has 0 unspecified atom stereocenters. The van der Waals surface area contributed by atoms with E-state index in [9.17, 15) is 14.4 Å². The first-order valence-corrected chi connectivity index (χ1v) is 11.9. The van der Waals surface area contributed by atoms with Gasteiger partial charge in [-0.2, -0.15) is 0 Å². The monoisotopic (exact) mass is 486 g/mol. The average Bonchev–Trinajstić information content (AvgIpc) is 2.91. The smallest absolute Gasteiger partial charge is 0.411 e. The molecule has 7 nitrogen and oxygen atoms in total. The number of carbonyl (C=O) groups excluding carboxylic acids is 3. The highest BCUT2D eigenvalue weighted by atomic mass is 16.6. The van der Waals surface area contributed by atoms with Gasteiger partial charge in [0.1, 0.15) is 18.7 Å². The predicted octanol–water partition coefficient (Wildman–Crippen LogP) is 3.96. The van der Waals surface area contributed by atoms with Gasteiger partial charge in [-0.1, -0.05) is 78.9 Å². The molecule has 2 amide bonds. The van der Waals surface area contributed by atoms with Gasteiger partial charge in [0.15, 0.2) is 0 Å². The van der Waals surface area contributed by atoms with Gasteiger partial charge in [0.2, 0.25) is 5.91 Å². The van der Waals surface area contributed by atoms with Crippen LogP contribution in [-0.2, 0) is 45.1 Å². The molecule has 0 aromatic heterocycles. The predicted molar refractivity (Wildman–Crippen MR) is 135 cm³/mol. The largest absolute Gasteiger partial charge is 0.467 e. The normalized spacial score (nSPS) is 15.4. The zero-order valence-corrected chi connectivity index (χ0v) is 20.5. The van der Waals surface area contributed by atoms with Gasteiger partial charge in [-0.3, -0.25) is 9.69 Å². The summed E-state index contributed by atoms with van der Waals surface area (Å²) >= 11 is 0. The molecule has 0 fully saturated rings. The van der Waals surface area contributed by atoms with Crippen molar-refractivity contribution in [1.82, 2.24) is 10.2 Å². The van der Waals surface area contributed by atoms with Crippen LogP contribution in [0.5, 0.6) is 0 Å². The summed E-state index contributed by atoms with van der Waals surface area (Å²) in [4.78, 5) is 40.7. The molecule has 4 rings (SSSR count). The fraction of sp³-hybridized carbons (Fsp3) is 0.276. The molecule has 0 saturated heterocycles. The Kier molecular flexibility index (Phi) is 8.00. The molecule has 1 heterocycles. The molecule has 7 heteroatoms. The average molecular weight is 487 g/mol. The third kappa shape index (κ3) is 5.92. The van der Waals surface area contributed by atoms with Crippen LogP contribution in [0, 0.1) is 6.92 Å². The minimum Gasteiger partial charge on any atom is -0.467 e. The summed E-state index contributed by atoms with van der Waals surface area (Å²) in [7, 11) is 1.30. The van der Waals surface area contributed by atoms with E-state index in [4.69, 9.17) is 9.47 Å². The maximum absolute atomic E-state index is 13.5. The van der Waals surface area contributed by atoms with Crippen molar-refractivity contribution in [1.29, 1.82) is 0 Å². The topological polar surface area (TPSA) is 84.9 Å². The van der Waals surface area contributed by atoms with Crippen molar-refractivity contribution in [2.45, 2.75) is 45.0 Å². The van der Waals surface area contributed by atoms with Crippen molar-refractivity contribution in [3.8, 4) is 0 Å². The first kappa shape index (κ1) is 25.0. The second-order valence-electron chi connectivity index (χ2n) is 8.87. The van der Waals surface area contributed by atoms with Crippen LogP contribution in [0.3, 0.4) is 0 Å². The summed E-state index contributed by atoms with van der Waals surface area (Å²) < 4.78 is 10.5.